The van der Waals surface area contributed by atoms with Gasteiger partial charge in [0.2, 0.25) is 0 Å². The molecule has 13 nitrogen and oxygen atoms in total. The molecule has 0 fully saturated rings. The average molecular weight is 566 g/mol. The number of azo groups is 1. The van der Waals surface area contributed by atoms with Crippen LogP contribution in [0.1, 0.15) is 13.8 Å². The zero-order chi connectivity index (χ0) is 28.1. The molecule has 0 spiro atoms. The Balaban J connectivity index is 1.94. The third-order valence-corrected chi connectivity index (χ3v) is 7.53. The van der Waals surface area contributed by atoms with Crippen molar-refractivity contribution >= 4 is 59.9 Å². The van der Waals surface area contributed by atoms with E-state index in [0.717, 1.165) is 13.0 Å². The number of anilines is 1. The lowest BCUT2D eigenvalue weighted by Crippen LogP contribution is -2.14. The van der Waals surface area contributed by atoms with Crippen LogP contribution < -0.4 is 5.32 Å². The van der Waals surface area contributed by atoms with Crippen LogP contribution in [0.3, 0.4) is 0 Å². The fraction of sp³-hybridized carbons (Fsp3) is 0.217. The van der Waals surface area contributed by atoms with Gasteiger partial charge in [-0.1, -0.05) is 0 Å². The summed E-state index contributed by atoms with van der Waals surface area (Å²) in [4.78, 5) is 21.7. The van der Waals surface area contributed by atoms with E-state index in [0.29, 0.717) is 0 Å². The number of ether oxygens (including phenoxy) is 2. The minimum Gasteiger partial charge on any atom is -0.505 e. The minimum atomic E-state index is -4.88. The number of carbonyl (C=O) groups is 2. The number of benzene rings is 3. The Hall–Kier alpha value is -4.08. The first-order valence-corrected chi connectivity index (χ1v) is 14.0. The van der Waals surface area contributed by atoms with Gasteiger partial charge in [-0.15, -0.1) is 5.11 Å². The number of rotatable bonds is 9. The van der Waals surface area contributed by atoms with Gasteiger partial charge in [-0.3, -0.25) is 14.7 Å². The van der Waals surface area contributed by atoms with Crippen molar-refractivity contribution in [2.24, 2.45) is 10.2 Å². The number of phenolic OH excluding ortho intramolecular Hbond substituents is 1. The predicted molar refractivity (Wildman–Crippen MR) is 135 cm³/mol. The molecule has 0 aliphatic heterocycles. The second-order valence-corrected chi connectivity index (χ2v) is 11.2. The summed E-state index contributed by atoms with van der Waals surface area (Å²) in [5.74, 6) is -1.63. The fourth-order valence-corrected chi connectivity index (χ4v) is 5.00. The molecule has 0 bridgehead atoms. The standard InChI is InChI=1S/C23H23N3O10S2/c1-3-35-23(29)24-17-6-9-19-15(12-17)13-20(38(32,33)34)21(22(19)28)26-25-16-4-7-18(8-5-16)37(30,31)11-10-36-14(2)27/h4-9,12-13,28H,3,10-11H2,1-2H3,(H,24,29)(H,32,33,34). The van der Waals surface area contributed by atoms with E-state index in [-0.39, 0.29) is 40.3 Å². The Kier molecular flexibility index (Phi) is 8.65. The Morgan fingerprint density at radius 1 is 0.974 bits per heavy atom. The molecule has 3 aromatic rings. The highest BCUT2D eigenvalue weighted by Gasteiger charge is 2.22. The lowest BCUT2D eigenvalue weighted by Gasteiger charge is -2.11. The maximum absolute atomic E-state index is 12.3. The molecule has 3 aromatic carbocycles. The molecule has 0 saturated carbocycles. The van der Waals surface area contributed by atoms with Gasteiger partial charge in [0.25, 0.3) is 10.1 Å². The zero-order valence-corrected chi connectivity index (χ0v) is 21.7. The van der Waals surface area contributed by atoms with E-state index < -0.39 is 54.1 Å². The first-order valence-electron chi connectivity index (χ1n) is 10.9. The molecule has 0 aromatic heterocycles. The van der Waals surface area contributed by atoms with Crippen molar-refractivity contribution in [2.45, 2.75) is 23.6 Å². The number of nitrogens with zero attached hydrogens (tertiary/aromatic N) is 2. The number of nitrogens with one attached hydrogen (secondary N) is 1. The first-order chi connectivity index (χ1) is 17.8. The van der Waals surface area contributed by atoms with Crippen molar-refractivity contribution in [2.75, 3.05) is 24.3 Å². The molecule has 0 aliphatic carbocycles. The highest BCUT2D eigenvalue weighted by molar-refractivity contribution is 7.91. The number of sulfone groups is 1. The van der Waals surface area contributed by atoms with E-state index in [4.69, 9.17) is 4.74 Å². The van der Waals surface area contributed by atoms with Crippen LogP contribution in [-0.2, 0) is 34.2 Å². The predicted octanol–water partition coefficient (Wildman–Crippen LogP) is 4.11. The van der Waals surface area contributed by atoms with Gasteiger partial charge in [-0.05, 0) is 60.8 Å². The number of hydrogen-bond acceptors (Lipinski definition) is 11. The molecule has 3 N–H and O–H groups in total. The summed E-state index contributed by atoms with van der Waals surface area (Å²) in [6, 6.07) is 10.3. The van der Waals surface area contributed by atoms with Crippen molar-refractivity contribution in [3.8, 4) is 5.75 Å². The third-order valence-electron chi connectivity index (χ3n) is 4.97. The summed E-state index contributed by atoms with van der Waals surface area (Å²) in [7, 11) is -8.63. The number of hydrogen-bond donors (Lipinski definition) is 3. The second-order valence-electron chi connectivity index (χ2n) is 7.68. The molecule has 15 heteroatoms. The van der Waals surface area contributed by atoms with Crippen molar-refractivity contribution in [1.82, 2.24) is 0 Å². The van der Waals surface area contributed by atoms with Crippen LogP contribution in [0.15, 0.2) is 68.6 Å². The zero-order valence-electron chi connectivity index (χ0n) is 20.1. The van der Waals surface area contributed by atoms with E-state index in [2.05, 4.69) is 20.3 Å². The maximum Gasteiger partial charge on any atom is 0.411 e. The van der Waals surface area contributed by atoms with E-state index in [1.165, 1.54) is 42.5 Å². The Morgan fingerprint density at radius 3 is 2.26 bits per heavy atom. The number of phenols is 1. The van der Waals surface area contributed by atoms with E-state index in [1.807, 2.05) is 0 Å². The molecule has 0 aliphatic rings. The number of aromatic hydroxyl groups is 1. The second kappa shape index (κ2) is 11.5. The summed E-state index contributed by atoms with van der Waals surface area (Å²) in [6.45, 7) is 2.61. The van der Waals surface area contributed by atoms with Gasteiger partial charge in [-0.2, -0.15) is 13.5 Å². The highest BCUT2D eigenvalue weighted by atomic mass is 32.2. The van der Waals surface area contributed by atoms with E-state index in [9.17, 15) is 36.1 Å². The van der Waals surface area contributed by atoms with Gasteiger partial charge in [-0.25, -0.2) is 13.2 Å². The van der Waals surface area contributed by atoms with Gasteiger partial charge in [0, 0.05) is 18.0 Å². The summed E-state index contributed by atoms with van der Waals surface area (Å²) in [6.07, 6.45) is -0.736. The summed E-state index contributed by atoms with van der Waals surface area (Å²) >= 11 is 0. The average Bonchev–Trinajstić information content (AvgIpc) is 2.82. The molecule has 38 heavy (non-hydrogen) atoms. The minimum absolute atomic E-state index is 0.0667. The quantitative estimate of drug-likeness (QED) is 0.193. The lowest BCUT2D eigenvalue weighted by atomic mass is 10.1. The Morgan fingerprint density at radius 2 is 1.66 bits per heavy atom. The summed E-state index contributed by atoms with van der Waals surface area (Å²) in [5, 5.41) is 21.1. The Bertz CT molecular complexity index is 1620. The van der Waals surface area contributed by atoms with Crippen LogP contribution in [0.25, 0.3) is 10.8 Å². The maximum atomic E-state index is 12.3. The molecule has 0 atom stereocenters. The van der Waals surface area contributed by atoms with Crippen LogP contribution in [0.5, 0.6) is 5.75 Å². The molecule has 0 unspecified atom stereocenters. The number of amides is 1. The van der Waals surface area contributed by atoms with Gasteiger partial charge >= 0.3 is 12.1 Å². The topological polar surface area (TPSA) is 198 Å². The molecule has 1 amide bonds. The van der Waals surface area contributed by atoms with Crippen molar-refractivity contribution in [3.63, 3.8) is 0 Å². The van der Waals surface area contributed by atoms with Gasteiger partial charge in [0.1, 0.15) is 17.2 Å². The van der Waals surface area contributed by atoms with Crippen LogP contribution in [-0.4, -0.2) is 57.5 Å². The first kappa shape index (κ1) is 28.5. The van der Waals surface area contributed by atoms with Crippen molar-refractivity contribution in [1.29, 1.82) is 0 Å². The molecular weight excluding hydrogens is 542 g/mol. The summed E-state index contributed by atoms with van der Waals surface area (Å²) in [5.41, 5.74) is -0.197. The van der Waals surface area contributed by atoms with Gasteiger partial charge in [0.05, 0.1) is 22.9 Å². The number of fused-ring (bicyclic) bond motifs is 1. The molecule has 3 rings (SSSR count). The van der Waals surface area contributed by atoms with Gasteiger partial charge < -0.3 is 14.6 Å². The van der Waals surface area contributed by atoms with E-state index >= 15 is 0 Å². The smallest absolute Gasteiger partial charge is 0.411 e. The van der Waals surface area contributed by atoms with Crippen LogP contribution in [0.4, 0.5) is 21.9 Å². The molecule has 0 radical (unpaired) electrons. The largest absolute Gasteiger partial charge is 0.505 e. The van der Waals surface area contributed by atoms with Crippen molar-refractivity contribution < 1.29 is 45.6 Å². The van der Waals surface area contributed by atoms with Crippen LogP contribution in [0.2, 0.25) is 0 Å². The van der Waals surface area contributed by atoms with Crippen LogP contribution >= 0.6 is 0 Å². The molecule has 202 valence electrons. The number of esters is 1. The monoisotopic (exact) mass is 565 g/mol. The summed E-state index contributed by atoms with van der Waals surface area (Å²) < 4.78 is 68.0. The highest BCUT2D eigenvalue weighted by Crippen LogP contribution is 2.42. The molecule has 0 heterocycles. The van der Waals surface area contributed by atoms with Crippen molar-refractivity contribution in [3.05, 3.63) is 48.5 Å². The third kappa shape index (κ3) is 7.02. The SMILES string of the molecule is CCOC(=O)Nc1ccc2c(O)c(N=Nc3ccc(S(=O)(=O)CCOC(C)=O)cc3)c(S(=O)(=O)O)cc2c1. The Labute approximate surface area is 217 Å². The van der Waals surface area contributed by atoms with Gasteiger partial charge in [0.15, 0.2) is 15.6 Å². The molecular formula is C23H23N3O10S2. The normalized spacial score (nSPS) is 12.0. The lowest BCUT2D eigenvalue weighted by molar-refractivity contribution is -0.140. The van der Waals surface area contributed by atoms with Crippen LogP contribution in [0, 0.1) is 0 Å². The number of carbonyl (C=O) groups excluding carboxylic acids is 2. The van der Waals surface area contributed by atoms with E-state index in [1.54, 1.807) is 6.92 Å². The molecule has 0 saturated heterocycles. The fourth-order valence-electron chi connectivity index (χ4n) is 3.25.